The van der Waals surface area contributed by atoms with Gasteiger partial charge in [0.15, 0.2) is 5.65 Å². The predicted molar refractivity (Wildman–Crippen MR) is 102 cm³/mol. The summed E-state index contributed by atoms with van der Waals surface area (Å²) in [5.74, 6) is 1.18. The number of aromatic nitrogens is 3. The second-order valence-electron chi connectivity index (χ2n) is 7.15. The summed E-state index contributed by atoms with van der Waals surface area (Å²) in [6.07, 6.45) is 6.60. The monoisotopic (exact) mass is 338 g/mol. The number of hydrogen-bond acceptors (Lipinski definition) is 4. The molecular weight excluding hydrogens is 312 g/mol. The number of fused-ring (bicyclic) bond motifs is 2. The molecule has 0 bridgehead atoms. The van der Waals surface area contributed by atoms with Crippen LogP contribution in [-0.2, 0) is 6.54 Å². The molecule has 25 heavy (non-hydrogen) atoms. The lowest BCUT2D eigenvalue weighted by atomic mass is 9.82. The van der Waals surface area contributed by atoms with E-state index in [-0.39, 0.29) is 0 Å². The number of hydrogen-bond donors (Lipinski definition) is 2. The van der Waals surface area contributed by atoms with Crippen LogP contribution in [0.25, 0.3) is 21.9 Å². The molecule has 2 aromatic heterocycles. The first kappa shape index (κ1) is 16.3. The van der Waals surface area contributed by atoms with Gasteiger partial charge in [-0.25, -0.2) is 9.67 Å². The van der Waals surface area contributed by atoms with Crippen molar-refractivity contribution in [3.8, 4) is 0 Å². The Labute approximate surface area is 148 Å². The van der Waals surface area contributed by atoms with E-state index in [0.29, 0.717) is 18.4 Å². The van der Waals surface area contributed by atoms with Crippen molar-refractivity contribution in [2.24, 2.45) is 11.8 Å². The summed E-state index contributed by atoms with van der Waals surface area (Å²) in [6.45, 7) is 4.22. The summed E-state index contributed by atoms with van der Waals surface area (Å²) in [4.78, 5) is 4.82. The van der Waals surface area contributed by atoms with Crippen molar-refractivity contribution in [2.45, 2.75) is 39.2 Å². The van der Waals surface area contributed by atoms with Crippen molar-refractivity contribution in [3.05, 3.63) is 30.5 Å². The highest BCUT2D eigenvalue weighted by atomic mass is 16.3. The topological polar surface area (TPSA) is 63.0 Å². The number of aliphatic hydroxyl groups is 1. The first-order chi connectivity index (χ1) is 12.3. The van der Waals surface area contributed by atoms with Crippen LogP contribution in [0.1, 0.15) is 32.6 Å². The maximum Gasteiger partial charge on any atom is 0.160 e. The Morgan fingerprint density at radius 3 is 2.64 bits per heavy atom. The minimum absolute atomic E-state index is 0.339. The van der Waals surface area contributed by atoms with Crippen LogP contribution in [0.15, 0.2) is 30.5 Å². The molecule has 1 fully saturated rings. The van der Waals surface area contributed by atoms with Crippen LogP contribution in [-0.4, -0.2) is 33.0 Å². The Hall–Kier alpha value is -2.14. The number of nitrogens with zero attached hydrogens (tertiary/aromatic N) is 3. The molecule has 2 heterocycles. The third-order valence-corrected chi connectivity index (χ3v) is 5.57. The predicted octanol–water partition coefficient (Wildman–Crippen LogP) is 3.82. The fourth-order valence-electron chi connectivity index (χ4n) is 4.00. The van der Waals surface area contributed by atoms with Gasteiger partial charge in [-0.15, -0.1) is 0 Å². The molecule has 1 saturated carbocycles. The zero-order chi connectivity index (χ0) is 17.2. The van der Waals surface area contributed by atoms with E-state index in [2.05, 4.69) is 35.5 Å². The highest BCUT2D eigenvalue weighted by Crippen LogP contribution is 2.33. The van der Waals surface area contributed by atoms with Gasteiger partial charge >= 0.3 is 0 Å². The van der Waals surface area contributed by atoms with Gasteiger partial charge < -0.3 is 10.4 Å². The smallest absolute Gasteiger partial charge is 0.160 e. The number of rotatable bonds is 5. The Morgan fingerprint density at radius 1 is 1.12 bits per heavy atom. The number of aryl methyl sites for hydroxylation is 1. The number of para-hydroxylation sites is 1. The third-order valence-electron chi connectivity index (χ3n) is 5.57. The van der Waals surface area contributed by atoms with Gasteiger partial charge in [-0.3, -0.25) is 0 Å². The fourth-order valence-corrected chi connectivity index (χ4v) is 4.00. The minimum atomic E-state index is 0.339. The van der Waals surface area contributed by atoms with Crippen LogP contribution in [0.4, 0.5) is 5.69 Å². The van der Waals surface area contributed by atoms with Crippen LogP contribution in [0.5, 0.6) is 0 Å². The van der Waals surface area contributed by atoms with E-state index in [1.54, 1.807) is 0 Å². The minimum Gasteiger partial charge on any atom is -0.396 e. The van der Waals surface area contributed by atoms with Crippen molar-refractivity contribution < 1.29 is 5.11 Å². The number of benzene rings is 1. The molecule has 0 amide bonds. The second kappa shape index (κ2) is 7.00. The first-order valence-corrected chi connectivity index (χ1v) is 9.39. The lowest BCUT2D eigenvalue weighted by Gasteiger charge is -2.28. The highest BCUT2D eigenvalue weighted by molar-refractivity contribution is 6.06. The van der Waals surface area contributed by atoms with E-state index < -0.39 is 0 Å². The van der Waals surface area contributed by atoms with E-state index in [0.717, 1.165) is 53.6 Å². The maximum atomic E-state index is 9.32. The second-order valence-corrected chi connectivity index (χ2v) is 7.15. The zero-order valence-corrected chi connectivity index (χ0v) is 14.8. The number of aliphatic hydroxyl groups excluding tert-OH is 1. The lowest BCUT2D eigenvalue weighted by molar-refractivity contribution is 0.170. The van der Waals surface area contributed by atoms with Crippen molar-refractivity contribution in [1.29, 1.82) is 0 Å². The van der Waals surface area contributed by atoms with Gasteiger partial charge in [0, 0.05) is 25.1 Å². The molecule has 0 unspecified atom stereocenters. The van der Waals surface area contributed by atoms with Crippen LogP contribution >= 0.6 is 0 Å². The van der Waals surface area contributed by atoms with Crippen LogP contribution in [0.3, 0.4) is 0 Å². The molecule has 2 N–H and O–H groups in total. The molecule has 1 aromatic carbocycles. The Morgan fingerprint density at radius 2 is 1.88 bits per heavy atom. The standard InChI is InChI=1S/C20H26N4O/c1-2-24-20-17(12-22-24)19(16-5-3-4-6-18(16)23-20)21-11-14-7-9-15(13-25)10-8-14/h3-6,12,14-15,25H,2,7-11,13H2,1H3,(H,21,23). The molecule has 132 valence electrons. The summed E-state index contributed by atoms with van der Waals surface area (Å²) in [7, 11) is 0. The average molecular weight is 338 g/mol. The lowest BCUT2D eigenvalue weighted by Crippen LogP contribution is -2.22. The largest absolute Gasteiger partial charge is 0.396 e. The molecule has 3 aromatic rings. The molecule has 1 aliphatic carbocycles. The van der Waals surface area contributed by atoms with Crippen LogP contribution in [0.2, 0.25) is 0 Å². The Balaban J connectivity index is 1.64. The summed E-state index contributed by atoms with van der Waals surface area (Å²) in [5.41, 5.74) is 3.12. The normalized spacial score (nSPS) is 21.0. The van der Waals surface area contributed by atoms with Gasteiger partial charge in [0.25, 0.3) is 0 Å². The van der Waals surface area contributed by atoms with Crippen LogP contribution < -0.4 is 5.32 Å². The van der Waals surface area contributed by atoms with Gasteiger partial charge in [0.2, 0.25) is 0 Å². The molecule has 0 saturated heterocycles. The van der Waals surface area contributed by atoms with Gasteiger partial charge in [-0.05, 0) is 50.5 Å². The number of pyridine rings is 1. The molecule has 5 nitrogen and oxygen atoms in total. The van der Waals surface area contributed by atoms with Crippen molar-refractivity contribution in [2.75, 3.05) is 18.5 Å². The van der Waals surface area contributed by atoms with Gasteiger partial charge in [0.05, 0.1) is 22.8 Å². The van der Waals surface area contributed by atoms with E-state index in [9.17, 15) is 5.11 Å². The van der Waals surface area contributed by atoms with Crippen molar-refractivity contribution >= 4 is 27.6 Å². The quantitative estimate of drug-likeness (QED) is 0.742. The van der Waals surface area contributed by atoms with E-state index in [4.69, 9.17) is 4.98 Å². The van der Waals surface area contributed by atoms with Crippen molar-refractivity contribution in [1.82, 2.24) is 14.8 Å². The maximum absolute atomic E-state index is 9.32. The zero-order valence-electron chi connectivity index (χ0n) is 14.8. The fraction of sp³-hybridized carbons (Fsp3) is 0.500. The molecule has 0 atom stereocenters. The molecule has 1 aliphatic rings. The molecular formula is C20H26N4O. The van der Waals surface area contributed by atoms with Crippen LogP contribution in [0, 0.1) is 11.8 Å². The highest BCUT2D eigenvalue weighted by Gasteiger charge is 2.21. The molecule has 0 spiro atoms. The number of nitrogens with one attached hydrogen (secondary N) is 1. The molecule has 0 radical (unpaired) electrons. The third kappa shape index (κ3) is 3.09. The molecule has 5 heteroatoms. The Kier molecular flexibility index (Phi) is 4.57. The molecule has 4 rings (SSSR count). The van der Waals surface area contributed by atoms with E-state index in [1.165, 1.54) is 12.8 Å². The average Bonchev–Trinajstić information content (AvgIpc) is 3.08. The Bertz CT molecular complexity index is 865. The summed E-state index contributed by atoms with van der Waals surface area (Å²) >= 11 is 0. The van der Waals surface area contributed by atoms with E-state index in [1.807, 2.05) is 16.9 Å². The summed E-state index contributed by atoms with van der Waals surface area (Å²) in [5, 5.41) is 19.8. The van der Waals surface area contributed by atoms with Gasteiger partial charge in [0.1, 0.15) is 0 Å². The summed E-state index contributed by atoms with van der Waals surface area (Å²) in [6, 6.07) is 8.31. The first-order valence-electron chi connectivity index (χ1n) is 9.39. The summed E-state index contributed by atoms with van der Waals surface area (Å²) < 4.78 is 1.96. The number of anilines is 1. The van der Waals surface area contributed by atoms with Gasteiger partial charge in [-0.1, -0.05) is 18.2 Å². The van der Waals surface area contributed by atoms with Crippen molar-refractivity contribution in [3.63, 3.8) is 0 Å². The molecule has 0 aliphatic heterocycles. The van der Waals surface area contributed by atoms with E-state index >= 15 is 0 Å². The SMILES string of the molecule is CCn1ncc2c(NCC3CCC(CO)CC3)c3ccccc3nc21. The van der Waals surface area contributed by atoms with Gasteiger partial charge in [-0.2, -0.15) is 5.10 Å².